The number of benzene rings is 1. The van der Waals surface area contributed by atoms with Gasteiger partial charge in [-0.3, -0.25) is 9.20 Å². The second kappa shape index (κ2) is 5.95. The molecule has 2 heterocycles. The Bertz CT molecular complexity index is 944. The molecule has 3 aromatic rings. The standard InChI is InChI=1S/C19H19FN4O/c1-11(13-3-4-13)23-19(25)17-18-22-12(2)16(9-24(18)10-21-17)14-5-7-15(20)8-6-14/h5-11,13H,3-4H2,1-2H3,(H,23,25)/t11-/m0/s1. The Kier molecular flexibility index (Phi) is 3.75. The molecule has 0 unspecified atom stereocenters. The average molecular weight is 338 g/mol. The maximum atomic E-state index is 13.1. The molecule has 128 valence electrons. The molecule has 25 heavy (non-hydrogen) atoms. The Labute approximate surface area is 144 Å². The molecule has 1 atom stereocenters. The molecule has 0 spiro atoms. The minimum Gasteiger partial charge on any atom is -0.348 e. The molecule has 1 aliphatic carbocycles. The lowest BCUT2D eigenvalue weighted by Gasteiger charge is -2.12. The van der Waals surface area contributed by atoms with E-state index in [0.29, 0.717) is 17.3 Å². The summed E-state index contributed by atoms with van der Waals surface area (Å²) in [6, 6.07) is 6.43. The van der Waals surface area contributed by atoms with E-state index in [0.717, 1.165) is 16.8 Å². The number of amides is 1. The number of hydrogen-bond acceptors (Lipinski definition) is 3. The van der Waals surface area contributed by atoms with Crippen molar-refractivity contribution < 1.29 is 9.18 Å². The number of nitrogens with one attached hydrogen (secondary N) is 1. The van der Waals surface area contributed by atoms with Gasteiger partial charge in [-0.1, -0.05) is 12.1 Å². The maximum Gasteiger partial charge on any atom is 0.274 e. The zero-order valence-corrected chi connectivity index (χ0v) is 14.2. The SMILES string of the molecule is Cc1nc2c(C(=O)N[C@@H](C)C3CC3)ncn2cc1-c1ccc(F)cc1. The van der Waals surface area contributed by atoms with Crippen molar-refractivity contribution in [3.8, 4) is 11.1 Å². The first-order chi connectivity index (χ1) is 12.0. The molecule has 1 fully saturated rings. The van der Waals surface area contributed by atoms with E-state index in [9.17, 15) is 9.18 Å². The van der Waals surface area contributed by atoms with Gasteiger partial charge in [-0.25, -0.2) is 14.4 Å². The van der Waals surface area contributed by atoms with Gasteiger partial charge in [0.1, 0.15) is 12.1 Å². The highest BCUT2D eigenvalue weighted by molar-refractivity contribution is 5.98. The minimum atomic E-state index is -0.276. The van der Waals surface area contributed by atoms with E-state index in [1.165, 1.54) is 25.0 Å². The molecule has 1 aliphatic rings. The van der Waals surface area contributed by atoms with Crippen molar-refractivity contribution in [2.45, 2.75) is 32.7 Å². The third kappa shape index (κ3) is 2.99. The number of aromatic nitrogens is 3. The third-order valence-electron chi connectivity index (χ3n) is 4.76. The van der Waals surface area contributed by atoms with Crippen molar-refractivity contribution in [3.05, 3.63) is 54.0 Å². The number of hydrogen-bond donors (Lipinski definition) is 1. The van der Waals surface area contributed by atoms with Crippen molar-refractivity contribution in [1.82, 2.24) is 19.7 Å². The Morgan fingerprint density at radius 1 is 1.32 bits per heavy atom. The fourth-order valence-electron chi connectivity index (χ4n) is 3.07. The average Bonchev–Trinajstić information content (AvgIpc) is 3.36. The summed E-state index contributed by atoms with van der Waals surface area (Å²) in [7, 11) is 0. The second-order valence-electron chi connectivity index (χ2n) is 6.67. The summed E-state index contributed by atoms with van der Waals surface area (Å²) >= 11 is 0. The number of carbonyl (C=O) groups is 1. The summed E-state index contributed by atoms with van der Waals surface area (Å²) in [5.41, 5.74) is 3.38. The van der Waals surface area contributed by atoms with Crippen molar-refractivity contribution >= 4 is 11.6 Å². The summed E-state index contributed by atoms with van der Waals surface area (Å²) in [5, 5.41) is 3.01. The monoisotopic (exact) mass is 338 g/mol. The van der Waals surface area contributed by atoms with Crippen LogP contribution in [-0.4, -0.2) is 26.3 Å². The fraction of sp³-hybridized carbons (Fsp3) is 0.316. The first kappa shape index (κ1) is 15.7. The topological polar surface area (TPSA) is 59.3 Å². The maximum absolute atomic E-state index is 13.1. The summed E-state index contributed by atoms with van der Waals surface area (Å²) in [5.74, 6) is 0.114. The van der Waals surface area contributed by atoms with Gasteiger partial charge < -0.3 is 5.32 Å². The van der Waals surface area contributed by atoms with Crippen molar-refractivity contribution in [1.29, 1.82) is 0 Å². The third-order valence-corrected chi connectivity index (χ3v) is 4.76. The number of imidazole rings is 1. The van der Waals surface area contributed by atoms with E-state index in [2.05, 4.69) is 15.3 Å². The van der Waals surface area contributed by atoms with Gasteiger partial charge in [0, 0.05) is 23.5 Å². The first-order valence-electron chi connectivity index (χ1n) is 8.44. The zero-order chi connectivity index (χ0) is 17.6. The number of halogens is 1. The second-order valence-corrected chi connectivity index (χ2v) is 6.67. The molecule has 0 aliphatic heterocycles. The van der Waals surface area contributed by atoms with Gasteiger partial charge in [0.05, 0.1) is 0 Å². The van der Waals surface area contributed by atoms with Crippen LogP contribution in [0, 0.1) is 18.7 Å². The highest BCUT2D eigenvalue weighted by Gasteiger charge is 2.30. The molecular formula is C19H19FN4O. The Morgan fingerprint density at radius 2 is 2.04 bits per heavy atom. The fourth-order valence-corrected chi connectivity index (χ4v) is 3.07. The van der Waals surface area contributed by atoms with Gasteiger partial charge in [-0.2, -0.15) is 0 Å². The van der Waals surface area contributed by atoms with Crippen LogP contribution in [0.25, 0.3) is 16.8 Å². The number of nitrogens with zero attached hydrogens (tertiary/aromatic N) is 3. The molecule has 0 radical (unpaired) electrons. The highest BCUT2D eigenvalue weighted by Crippen LogP contribution is 2.32. The van der Waals surface area contributed by atoms with Crippen LogP contribution in [0.5, 0.6) is 0 Å². The molecule has 4 rings (SSSR count). The van der Waals surface area contributed by atoms with E-state index in [1.807, 2.05) is 20.0 Å². The van der Waals surface area contributed by atoms with Crippen molar-refractivity contribution in [3.63, 3.8) is 0 Å². The molecule has 2 aromatic heterocycles. The predicted octanol–water partition coefficient (Wildman–Crippen LogP) is 3.37. The van der Waals surface area contributed by atoms with Gasteiger partial charge in [-0.05, 0) is 50.3 Å². The molecule has 1 N–H and O–H groups in total. The number of aryl methyl sites for hydroxylation is 1. The molecule has 6 heteroatoms. The lowest BCUT2D eigenvalue weighted by Crippen LogP contribution is -2.34. The van der Waals surface area contributed by atoms with Gasteiger partial charge in [-0.15, -0.1) is 0 Å². The van der Waals surface area contributed by atoms with Crippen LogP contribution in [0.3, 0.4) is 0 Å². The van der Waals surface area contributed by atoms with Crippen LogP contribution in [0.15, 0.2) is 36.8 Å². The highest BCUT2D eigenvalue weighted by atomic mass is 19.1. The normalized spacial score (nSPS) is 15.3. The zero-order valence-electron chi connectivity index (χ0n) is 14.2. The summed E-state index contributed by atoms with van der Waals surface area (Å²) < 4.78 is 14.9. The number of fused-ring (bicyclic) bond motifs is 1. The minimum absolute atomic E-state index is 0.156. The molecule has 0 bridgehead atoms. The largest absolute Gasteiger partial charge is 0.348 e. The van der Waals surface area contributed by atoms with Gasteiger partial charge in [0.2, 0.25) is 0 Å². The summed E-state index contributed by atoms with van der Waals surface area (Å²) in [4.78, 5) is 21.3. The Hall–Kier alpha value is -2.76. The van der Waals surface area contributed by atoms with E-state index >= 15 is 0 Å². The molecule has 1 amide bonds. The van der Waals surface area contributed by atoms with Gasteiger partial charge in [0.25, 0.3) is 5.91 Å². The number of carbonyl (C=O) groups excluding carboxylic acids is 1. The predicted molar refractivity (Wildman–Crippen MR) is 92.8 cm³/mol. The number of rotatable bonds is 4. The molecule has 1 aromatic carbocycles. The van der Waals surface area contributed by atoms with E-state index in [4.69, 9.17) is 0 Å². The van der Waals surface area contributed by atoms with Gasteiger partial charge in [0.15, 0.2) is 11.3 Å². The Balaban J connectivity index is 1.68. The van der Waals surface area contributed by atoms with E-state index < -0.39 is 0 Å². The van der Waals surface area contributed by atoms with Crippen LogP contribution in [0.2, 0.25) is 0 Å². The molecule has 5 nitrogen and oxygen atoms in total. The summed E-state index contributed by atoms with van der Waals surface area (Å²) in [6.45, 7) is 3.90. The first-order valence-corrected chi connectivity index (χ1v) is 8.44. The van der Waals surface area contributed by atoms with Crippen molar-refractivity contribution in [2.24, 2.45) is 5.92 Å². The lowest BCUT2D eigenvalue weighted by molar-refractivity contribution is 0.0933. The van der Waals surface area contributed by atoms with Crippen LogP contribution in [0.4, 0.5) is 4.39 Å². The van der Waals surface area contributed by atoms with Crippen LogP contribution in [0.1, 0.15) is 35.9 Å². The molecule has 1 saturated carbocycles. The Morgan fingerprint density at radius 3 is 2.72 bits per heavy atom. The van der Waals surface area contributed by atoms with Gasteiger partial charge >= 0.3 is 0 Å². The van der Waals surface area contributed by atoms with E-state index in [1.54, 1.807) is 22.9 Å². The lowest BCUT2D eigenvalue weighted by atomic mass is 10.1. The van der Waals surface area contributed by atoms with Crippen LogP contribution in [-0.2, 0) is 0 Å². The smallest absolute Gasteiger partial charge is 0.274 e. The van der Waals surface area contributed by atoms with Crippen molar-refractivity contribution in [2.75, 3.05) is 0 Å². The quantitative estimate of drug-likeness (QED) is 0.793. The summed E-state index contributed by atoms with van der Waals surface area (Å²) in [6.07, 6.45) is 5.80. The molecule has 0 saturated heterocycles. The molecular weight excluding hydrogens is 319 g/mol. The van der Waals surface area contributed by atoms with Crippen LogP contribution >= 0.6 is 0 Å². The van der Waals surface area contributed by atoms with E-state index in [-0.39, 0.29) is 17.8 Å². The van der Waals surface area contributed by atoms with Crippen LogP contribution < -0.4 is 5.32 Å².